The average Bonchev–Trinajstić information content (AvgIpc) is 3.01. The van der Waals surface area contributed by atoms with Crippen LogP contribution in [-0.2, 0) is 24.3 Å². The number of benzene rings is 1. The summed E-state index contributed by atoms with van der Waals surface area (Å²) < 4.78 is 31.9. The third-order valence-corrected chi connectivity index (χ3v) is 6.74. The summed E-state index contributed by atoms with van der Waals surface area (Å²) in [4.78, 5) is 38.4. The van der Waals surface area contributed by atoms with Crippen LogP contribution in [0.15, 0.2) is 29.2 Å². The molecule has 0 saturated carbocycles. The zero-order valence-electron chi connectivity index (χ0n) is 15.7. The number of likely N-dealkylation sites (tertiary alicyclic amines) is 1. The number of hydrogen-bond acceptors (Lipinski definition) is 7. The smallest absolute Gasteiger partial charge is 0.338 e. The van der Waals surface area contributed by atoms with Gasteiger partial charge in [-0.2, -0.15) is 4.31 Å². The summed E-state index contributed by atoms with van der Waals surface area (Å²) in [6.45, 7) is 3.54. The number of imide groups is 1. The Bertz CT molecular complexity index is 844. The van der Waals surface area contributed by atoms with Crippen LogP contribution >= 0.6 is 0 Å². The van der Waals surface area contributed by atoms with Crippen molar-refractivity contribution in [1.29, 1.82) is 0 Å². The van der Waals surface area contributed by atoms with Crippen LogP contribution < -0.4 is 0 Å². The first-order chi connectivity index (χ1) is 13.3. The van der Waals surface area contributed by atoms with Crippen LogP contribution in [0.25, 0.3) is 0 Å². The number of amides is 2. The van der Waals surface area contributed by atoms with Crippen LogP contribution in [0.2, 0.25) is 0 Å². The largest absolute Gasteiger partial charge is 0.462 e. The second-order valence-corrected chi connectivity index (χ2v) is 8.56. The van der Waals surface area contributed by atoms with Gasteiger partial charge in [-0.15, -0.1) is 0 Å². The molecule has 3 rings (SSSR count). The predicted molar refractivity (Wildman–Crippen MR) is 98.7 cm³/mol. The number of piperazine rings is 1. The molecule has 9 nitrogen and oxygen atoms in total. The summed E-state index contributed by atoms with van der Waals surface area (Å²) >= 11 is 0. The number of carbonyl (C=O) groups excluding carboxylic acids is 3. The predicted octanol–water partition coefficient (Wildman–Crippen LogP) is 0.276. The van der Waals surface area contributed by atoms with Crippen molar-refractivity contribution in [3.05, 3.63) is 29.8 Å². The Kier molecular flexibility index (Phi) is 6.11. The number of sulfonamides is 1. The summed E-state index contributed by atoms with van der Waals surface area (Å²) in [6, 6.07) is 5.67. The Balaban J connectivity index is 1.60. The number of ether oxygens (including phenoxy) is 1. The van der Waals surface area contributed by atoms with Crippen molar-refractivity contribution in [3.8, 4) is 0 Å². The lowest BCUT2D eigenvalue weighted by atomic mass is 10.2. The summed E-state index contributed by atoms with van der Waals surface area (Å²) in [7, 11) is -3.68. The normalized spacial score (nSPS) is 19.2. The molecule has 0 N–H and O–H groups in total. The Morgan fingerprint density at radius 3 is 2.11 bits per heavy atom. The van der Waals surface area contributed by atoms with Gasteiger partial charge in [0.25, 0.3) is 0 Å². The van der Waals surface area contributed by atoms with E-state index in [1.54, 1.807) is 6.92 Å². The second kappa shape index (κ2) is 8.38. The lowest BCUT2D eigenvalue weighted by molar-refractivity contribution is -0.141. The van der Waals surface area contributed by atoms with E-state index in [1.165, 1.54) is 33.5 Å². The lowest BCUT2D eigenvalue weighted by Gasteiger charge is -2.35. The van der Waals surface area contributed by atoms with Gasteiger partial charge in [0.05, 0.1) is 23.7 Å². The number of carbonyl (C=O) groups is 3. The number of rotatable bonds is 6. The molecule has 2 aliphatic heterocycles. The van der Waals surface area contributed by atoms with Crippen LogP contribution in [0, 0.1) is 0 Å². The first-order valence-corrected chi connectivity index (χ1v) is 10.6. The third kappa shape index (κ3) is 4.23. The fourth-order valence-corrected chi connectivity index (χ4v) is 4.64. The fraction of sp³-hybridized carbons (Fsp3) is 0.500. The van der Waals surface area contributed by atoms with Crippen molar-refractivity contribution in [1.82, 2.24) is 14.1 Å². The molecule has 0 aromatic heterocycles. The molecule has 152 valence electrons. The second-order valence-electron chi connectivity index (χ2n) is 6.62. The van der Waals surface area contributed by atoms with Crippen molar-refractivity contribution in [2.24, 2.45) is 0 Å². The zero-order valence-corrected chi connectivity index (χ0v) is 16.5. The topological polar surface area (TPSA) is 104 Å². The van der Waals surface area contributed by atoms with Gasteiger partial charge in [-0.25, -0.2) is 13.2 Å². The van der Waals surface area contributed by atoms with Crippen molar-refractivity contribution < 1.29 is 27.5 Å². The van der Waals surface area contributed by atoms with Crippen LogP contribution in [0.5, 0.6) is 0 Å². The van der Waals surface area contributed by atoms with E-state index in [1.807, 2.05) is 4.90 Å². The van der Waals surface area contributed by atoms with E-state index < -0.39 is 16.0 Å². The molecule has 1 aromatic rings. The average molecular weight is 409 g/mol. The first-order valence-electron chi connectivity index (χ1n) is 9.16. The molecule has 2 fully saturated rings. The van der Waals surface area contributed by atoms with Crippen LogP contribution in [0.1, 0.15) is 30.1 Å². The summed E-state index contributed by atoms with van der Waals surface area (Å²) in [5.41, 5.74) is 0.297. The molecule has 0 atom stereocenters. The Morgan fingerprint density at radius 2 is 1.57 bits per heavy atom. The minimum atomic E-state index is -3.68. The van der Waals surface area contributed by atoms with E-state index >= 15 is 0 Å². The maximum atomic E-state index is 12.8. The molecule has 0 radical (unpaired) electrons. The molecule has 2 heterocycles. The van der Waals surface area contributed by atoms with E-state index in [0.29, 0.717) is 18.7 Å². The van der Waals surface area contributed by atoms with Gasteiger partial charge in [0, 0.05) is 39.0 Å². The maximum Gasteiger partial charge on any atom is 0.338 e. The minimum absolute atomic E-state index is 0.110. The monoisotopic (exact) mass is 409 g/mol. The highest BCUT2D eigenvalue weighted by Gasteiger charge is 2.33. The zero-order chi connectivity index (χ0) is 20.3. The highest BCUT2D eigenvalue weighted by atomic mass is 32.2. The van der Waals surface area contributed by atoms with Crippen LogP contribution in [-0.4, -0.2) is 79.8 Å². The summed E-state index contributed by atoms with van der Waals surface area (Å²) in [5, 5.41) is 0. The molecule has 0 spiro atoms. The molecule has 10 heteroatoms. The number of hydrogen-bond donors (Lipinski definition) is 0. The van der Waals surface area contributed by atoms with Gasteiger partial charge in [0.15, 0.2) is 0 Å². The quantitative estimate of drug-likeness (QED) is 0.491. The van der Waals surface area contributed by atoms with Crippen molar-refractivity contribution in [2.45, 2.75) is 24.7 Å². The van der Waals surface area contributed by atoms with Gasteiger partial charge in [0.2, 0.25) is 21.8 Å². The van der Waals surface area contributed by atoms with Gasteiger partial charge in [-0.05, 0) is 31.2 Å². The summed E-state index contributed by atoms with van der Waals surface area (Å²) in [6.07, 6.45) is 0.490. The number of esters is 1. The minimum Gasteiger partial charge on any atom is -0.462 e. The van der Waals surface area contributed by atoms with Crippen molar-refractivity contribution >= 4 is 27.8 Å². The van der Waals surface area contributed by atoms with E-state index in [0.717, 1.165) is 0 Å². The Hall–Kier alpha value is -2.30. The molecule has 0 bridgehead atoms. The molecule has 2 saturated heterocycles. The van der Waals surface area contributed by atoms with E-state index in [4.69, 9.17) is 4.74 Å². The standard InChI is InChI=1S/C18H23N3O6S/c1-2-27-18(24)14-3-5-15(6-4-14)28(25,26)20-11-9-19(10-12-20)13-21-16(22)7-8-17(21)23/h3-6H,2,7-13H2,1H3. The van der Waals surface area contributed by atoms with Gasteiger partial charge < -0.3 is 4.74 Å². The highest BCUT2D eigenvalue weighted by Crippen LogP contribution is 2.20. The highest BCUT2D eigenvalue weighted by molar-refractivity contribution is 7.89. The van der Waals surface area contributed by atoms with Crippen molar-refractivity contribution in [2.75, 3.05) is 39.5 Å². The van der Waals surface area contributed by atoms with E-state index in [2.05, 4.69) is 0 Å². The SMILES string of the molecule is CCOC(=O)c1ccc(S(=O)(=O)N2CCN(CN3C(=O)CCC3=O)CC2)cc1. The molecular formula is C18H23N3O6S. The van der Waals surface area contributed by atoms with Crippen molar-refractivity contribution in [3.63, 3.8) is 0 Å². The molecule has 1 aromatic carbocycles. The fourth-order valence-electron chi connectivity index (χ4n) is 3.22. The van der Waals surface area contributed by atoms with Crippen LogP contribution in [0.4, 0.5) is 0 Å². The van der Waals surface area contributed by atoms with Gasteiger partial charge in [-0.1, -0.05) is 0 Å². The molecule has 0 aliphatic carbocycles. The van der Waals surface area contributed by atoms with Gasteiger partial charge in [0.1, 0.15) is 0 Å². The molecule has 28 heavy (non-hydrogen) atoms. The Morgan fingerprint density at radius 1 is 1.00 bits per heavy atom. The van der Waals surface area contributed by atoms with Crippen LogP contribution in [0.3, 0.4) is 0 Å². The lowest BCUT2D eigenvalue weighted by Crippen LogP contribution is -2.52. The molecule has 2 amide bonds. The number of nitrogens with zero attached hydrogens (tertiary/aromatic N) is 3. The molecule has 0 unspecified atom stereocenters. The summed E-state index contributed by atoms with van der Waals surface area (Å²) in [5.74, 6) is -0.852. The third-order valence-electron chi connectivity index (χ3n) is 4.83. The Labute approximate surface area is 163 Å². The van der Waals surface area contributed by atoms with Gasteiger partial charge in [-0.3, -0.25) is 19.4 Å². The van der Waals surface area contributed by atoms with E-state index in [9.17, 15) is 22.8 Å². The van der Waals surface area contributed by atoms with Gasteiger partial charge >= 0.3 is 5.97 Å². The maximum absolute atomic E-state index is 12.8. The molecular weight excluding hydrogens is 386 g/mol. The first kappa shape index (κ1) is 20.4. The van der Waals surface area contributed by atoms with E-state index in [-0.39, 0.29) is 55.9 Å². The molecule has 2 aliphatic rings.